The molecule has 7 heteroatoms. The molecule has 3 aromatic heterocycles. The summed E-state index contributed by atoms with van der Waals surface area (Å²) in [4.78, 5) is 8.45. The van der Waals surface area contributed by atoms with Crippen molar-refractivity contribution in [2.45, 2.75) is 6.54 Å². The lowest BCUT2D eigenvalue weighted by Gasteiger charge is -2.06. The Morgan fingerprint density at radius 1 is 1.21 bits per heavy atom. The molecule has 0 aliphatic rings. The van der Waals surface area contributed by atoms with Crippen LogP contribution in [0.25, 0.3) is 21.8 Å². The molecule has 0 atom stereocenters. The van der Waals surface area contributed by atoms with E-state index in [-0.39, 0.29) is 0 Å². The van der Waals surface area contributed by atoms with E-state index in [1.54, 1.807) is 18.6 Å². The molecular weight excluding hydrogens is 437 g/mol. The first-order valence-corrected chi connectivity index (χ1v) is 8.55. The Bertz CT molecular complexity index is 1130. The molecule has 116 valence electrons. The summed E-state index contributed by atoms with van der Waals surface area (Å²) in [6, 6.07) is 10.1. The van der Waals surface area contributed by atoms with Crippen LogP contribution in [0, 0.1) is 15.0 Å². The van der Waals surface area contributed by atoms with Gasteiger partial charge in [0, 0.05) is 17.8 Å². The van der Waals surface area contributed by atoms with Crippen molar-refractivity contribution in [3.8, 4) is 6.07 Å². The van der Waals surface area contributed by atoms with E-state index in [9.17, 15) is 5.26 Å². The van der Waals surface area contributed by atoms with E-state index in [2.05, 4.69) is 49.8 Å². The van der Waals surface area contributed by atoms with Gasteiger partial charge < -0.3 is 0 Å². The number of nitrogens with zero attached hydrogens (tertiary/aromatic N) is 5. The van der Waals surface area contributed by atoms with Crippen molar-refractivity contribution >= 4 is 56.0 Å². The summed E-state index contributed by atoms with van der Waals surface area (Å²) in [5, 5.41) is 16.3. The lowest BCUT2D eigenvalue weighted by molar-refractivity contribution is 0.705. The first-order chi connectivity index (χ1) is 11.7. The summed E-state index contributed by atoms with van der Waals surface area (Å²) in [6.07, 6.45) is 4.95. The number of hydrogen-bond donors (Lipinski definition) is 0. The topological polar surface area (TPSA) is 67.4 Å². The Morgan fingerprint density at radius 2 is 2.08 bits per heavy atom. The molecule has 0 amide bonds. The molecule has 0 aliphatic heterocycles. The van der Waals surface area contributed by atoms with Crippen LogP contribution >= 0.6 is 34.2 Å². The summed E-state index contributed by atoms with van der Waals surface area (Å²) < 4.78 is 2.66. The van der Waals surface area contributed by atoms with Crippen molar-refractivity contribution in [1.29, 1.82) is 5.26 Å². The standard InChI is InChI=1S/C17H9ClIN5/c18-13-4-11-3-10(1-2-14(11)22-7-13)9-24-15-8-21-6-12(5-20)16(15)17(19)23-24/h1-4,6-8H,9H2. The highest BCUT2D eigenvalue weighted by Crippen LogP contribution is 2.24. The van der Waals surface area contributed by atoms with Crippen LogP contribution in [0.4, 0.5) is 0 Å². The van der Waals surface area contributed by atoms with Gasteiger partial charge in [-0.3, -0.25) is 14.6 Å². The minimum absolute atomic E-state index is 0.539. The van der Waals surface area contributed by atoms with E-state index < -0.39 is 0 Å². The molecule has 0 bridgehead atoms. The Morgan fingerprint density at radius 3 is 2.92 bits per heavy atom. The molecule has 1 aromatic carbocycles. The lowest BCUT2D eigenvalue weighted by Crippen LogP contribution is -2.02. The van der Waals surface area contributed by atoms with Gasteiger partial charge in [0.1, 0.15) is 9.77 Å². The van der Waals surface area contributed by atoms with Crippen molar-refractivity contribution in [1.82, 2.24) is 19.7 Å². The second-order valence-electron chi connectivity index (χ2n) is 5.32. The fourth-order valence-corrected chi connectivity index (χ4v) is 3.70. The zero-order valence-corrected chi connectivity index (χ0v) is 15.2. The first-order valence-electron chi connectivity index (χ1n) is 7.10. The highest BCUT2D eigenvalue weighted by atomic mass is 127. The van der Waals surface area contributed by atoms with Gasteiger partial charge in [-0.15, -0.1) is 0 Å². The molecule has 0 aliphatic carbocycles. The Balaban J connectivity index is 1.81. The van der Waals surface area contributed by atoms with E-state index in [0.717, 1.165) is 31.1 Å². The minimum Gasteiger partial charge on any atom is -0.261 e. The average Bonchev–Trinajstić information content (AvgIpc) is 2.90. The highest BCUT2D eigenvalue weighted by Gasteiger charge is 2.13. The van der Waals surface area contributed by atoms with Gasteiger partial charge in [-0.2, -0.15) is 10.4 Å². The fraction of sp³-hybridized carbons (Fsp3) is 0.0588. The average molecular weight is 446 g/mol. The van der Waals surface area contributed by atoms with Gasteiger partial charge in [0.2, 0.25) is 0 Å². The molecule has 0 N–H and O–H groups in total. The number of hydrogen-bond acceptors (Lipinski definition) is 4. The third kappa shape index (κ3) is 2.60. The van der Waals surface area contributed by atoms with Crippen LogP contribution in [0.3, 0.4) is 0 Å². The van der Waals surface area contributed by atoms with Crippen LogP contribution in [0.15, 0.2) is 42.9 Å². The predicted octanol–water partition coefficient (Wildman–Crippen LogP) is 4.16. The molecule has 0 spiro atoms. The van der Waals surface area contributed by atoms with Gasteiger partial charge in [0.05, 0.1) is 39.7 Å². The Kier molecular flexibility index (Phi) is 3.82. The lowest BCUT2D eigenvalue weighted by atomic mass is 10.1. The zero-order chi connectivity index (χ0) is 16.7. The summed E-state index contributed by atoms with van der Waals surface area (Å²) in [5.74, 6) is 0. The minimum atomic E-state index is 0.539. The molecule has 0 radical (unpaired) electrons. The largest absolute Gasteiger partial charge is 0.261 e. The van der Waals surface area contributed by atoms with E-state index in [0.29, 0.717) is 17.1 Å². The van der Waals surface area contributed by atoms with Crippen molar-refractivity contribution in [2.75, 3.05) is 0 Å². The van der Waals surface area contributed by atoms with Gasteiger partial charge in [0.25, 0.3) is 0 Å². The maximum absolute atomic E-state index is 9.25. The van der Waals surface area contributed by atoms with Gasteiger partial charge in [-0.1, -0.05) is 17.7 Å². The molecule has 0 unspecified atom stereocenters. The third-order valence-corrected chi connectivity index (χ3v) is 4.75. The maximum atomic E-state index is 9.25. The molecule has 0 saturated carbocycles. The van der Waals surface area contributed by atoms with Crippen molar-refractivity contribution < 1.29 is 0 Å². The number of fused-ring (bicyclic) bond motifs is 2. The van der Waals surface area contributed by atoms with Gasteiger partial charge in [-0.05, 0) is 46.4 Å². The quantitative estimate of drug-likeness (QED) is 0.435. The van der Waals surface area contributed by atoms with Crippen molar-refractivity contribution in [3.05, 3.63) is 62.7 Å². The predicted molar refractivity (Wildman–Crippen MR) is 101 cm³/mol. The van der Waals surface area contributed by atoms with Crippen LogP contribution in [-0.4, -0.2) is 19.7 Å². The monoisotopic (exact) mass is 445 g/mol. The molecular formula is C17H9ClIN5. The van der Waals surface area contributed by atoms with Crippen LogP contribution < -0.4 is 0 Å². The van der Waals surface area contributed by atoms with Gasteiger partial charge in [0.15, 0.2) is 0 Å². The van der Waals surface area contributed by atoms with Gasteiger partial charge in [-0.25, -0.2) is 0 Å². The molecule has 0 fully saturated rings. The number of aromatic nitrogens is 4. The van der Waals surface area contributed by atoms with E-state index in [1.807, 2.05) is 22.9 Å². The normalized spacial score (nSPS) is 11.0. The van der Waals surface area contributed by atoms with Crippen LogP contribution in [0.5, 0.6) is 0 Å². The highest BCUT2D eigenvalue weighted by molar-refractivity contribution is 14.1. The number of pyridine rings is 2. The second kappa shape index (κ2) is 6.00. The molecule has 4 rings (SSSR count). The van der Waals surface area contributed by atoms with E-state index >= 15 is 0 Å². The number of rotatable bonds is 2. The Hall–Kier alpha value is -2.24. The maximum Gasteiger partial charge on any atom is 0.132 e. The van der Waals surface area contributed by atoms with Crippen molar-refractivity contribution in [3.63, 3.8) is 0 Å². The second-order valence-corrected chi connectivity index (χ2v) is 6.78. The summed E-state index contributed by atoms with van der Waals surface area (Å²) in [6.45, 7) is 0.582. The van der Waals surface area contributed by atoms with Crippen LogP contribution in [-0.2, 0) is 6.54 Å². The van der Waals surface area contributed by atoms with Crippen molar-refractivity contribution in [2.24, 2.45) is 0 Å². The summed E-state index contributed by atoms with van der Waals surface area (Å²) in [5.41, 5.74) is 3.37. The molecule has 0 saturated heterocycles. The van der Waals surface area contributed by atoms with E-state index in [4.69, 9.17) is 11.6 Å². The smallest absolute Gasteiger partial charge is 0.132 e. The molecule has 5 nitrogen and oxygen atoms in total. The molecule has 4 aromatic rings. The van der Waals surface area contributed by atoms with E-state index in [1.165, 1.54) is 0 Å². The van der Waals surface area contributed by atoms with Gasteiger partial charge >= 0.3 is 0 Å². The zero-order valence-electron chi connectivity index (χ0n) is 12.2. The number of halogens is 2. The molecule has 3 heterocycles. The first kappa shape index (κ1) is 15.3. The number of nitriles is 1. The Labute approximate surface area is 156 Å². The van der Waals surface area contributed by atoms with Crippen LogP contribution in [0.1, 0.15) is 11.1 Å². The molecule has 24 heavy (non-hydrogen) atoms. The van der Waals surface area contributed by atoms with Crippen LogP contribution in [0.2, 0.25) is 5.02 Å². The number of benzene rings is 1. The fourth-order valence-electron chi connectivity index (χ4n) is 2.70. The SMILES string of the molecule is N#Cc1cncc2c1c(I)nn2Cc1ccc2ncc(Cl)cc2c1. The summed E-state index contributed by atoms with van der Waals surface area (Å²) >= 11 is 8.18. The third-order valence-electron chi connectivity index (χ3n) is 3.78. The summed E-state index contributed by atoms with van der Waals surface area (Å²) in [7, 11) is 0.